The molecule has 31 heavy (non-hydrogen) atoms. The van der Waals surface area contributed by atoms with Crippen LogP contribution in [0.3, 0.4) is 0 Å². The molecule has 0 aromatic heterocycles. The summed E-state index contributed by atoms with van der Waals surface area (Å²) in [6.07, 6.45) is -0.767. The van der Waals surface area contributed by atoms with Crippen LogP contribution in [0.1, 0.15) is 46.6 Å². The fourth-order valence-corrected chi connectivity index (χ4v) is 3.72. The number of amides is 1. The summed E-state index contributed by atoms with van der Waals surface area (Å²) in [5.74, 6) is -1.11. The van der Waals surface area contributed by atoms with Crippen molar-refractivity contribution in [3.8, 4) is 0 Å². The molecule has 0 radical (unpaired) electrons. The quantitative estimate of drug-likeness (QED) is 0.499. The number of hydrogen-bond acceptors (Lipinski definition) is 7. The van der Waals surface area contributed by atoms with E-state index in [9.17, 15) is 14.4 Å². The van der Waals surface area contributed by atoms with Crippen molar-refractivity contribution in [3.05, 3.63) is 34.9 Å². The Morgan fingerprint density at radius 2 is 1.81 bits per heavy atom. The highest BCUT2D eigenvalue weighted by molar-refractivity contribution is 6.31. The van der Waals surface area contributed by atoms with Crippen LogP contribution < -0.4 is 5.32 Å². The fourth-order valence-electron chi connectivity index (χ4n) is 3.52. The second-order valence-corrected chi connectivity index (χ2v) is 8.81. The minimum Gasteiger partial charge on any atom is -0.465 e. The van der Waals surface area contributed by atoms with Gasteiger partial charge in [0.2, 0.25) is 0 Å². The van der Waals surface area contributed by atoms with Gasteiger partial charge in [-0.25, -0.2) is 9.59 Å². The number of alkyl carbamates (subject to hydrolysis) is 1. The van der Waals surface area contributed by atoms with E-state index in [-0.39, 0.29) is 26.2 Å². The van der Waals surface area contributed by atoms with Crippen molar-refractivity contribution in [2.75, 3.05) is 19.8 Å². The molecule has 1 aliphatic heterocycles. The molecule has 0 bridgehead atoms. The molecule has 2 atom stereocenters. The molecule has 2 rings (SSSR count). The number of benzene rings is 1. The minimum absolute atomic E-state index is 0.00559. The fraction of sp³-hybridized carbons (Fsp3) is 0.591. The first kappa shape index (κ1) is 24.9. The summed E-state index contributed by atoms with van der Waals surface area (Å²) in [6.45, 7) is 9.23. The number of likely N-dealkylation sites (tertiary alicyclic amines) is 1. The first-order chi connectivity index (χ1) is 14.5. The van der Waals surface area contributed by atoms with E-state index in [1.807, 2.05) is 18.2 Å². The van der Waals surface area contributed by atoms with E-state index in [2.05, 4.69) is 5.32 Å². The van der Waals surface area contributed by atoms with E-state index in [4.69, 9.17) is 25.8 Å². The zero-order valence-electron chi connectivity index (χ0n) is 18.7. The van der Waals surface area contributed by atoms with Crippen LogP contribution in [0.25, 0.3) is 0 Å². The number of rotatable bonds is 7. The predicted octanol–water partition coefficient (Wildman–Crippen LogP) is 3.30. The summed E-state index contributed by atoms with van der Waals surface area (Å²) in [4.78, 5) is 40.0. The smallest absolute Gasteiger partial charge is 0.408 e. The lowest BCUT2D eigenvalue weighted by molar-refractivity contribution is -0.150. The Bertz CT molecular complexity index is 809. The predicted molar refractivity (Wildman–Crippen MR) is 116 cm³/mol. The Morgan fingerprint density at radius 3 is 2.39 bits per heavy atom. The number of halogens is 1. The van der Waals surface area contributed by atoms with Crippen molar-refractivity contribution in [2.45, 2.75) is 64.8 Å². The van der Waals surface area contributed by atoms with Gasteiger partial charge in [0, 0.05) is 24.5 Å². The van der Waals surface area contributed by atoms with E-state index < -0.39 is 35.2 Å². The molecule has 0 spiro atoms. The van der Waals surface area contributed by atoms with Gasteiger partial charge in [0.05, 0.1) is 13.2 Å². The Kier molecular flexibility index (Phi) is 8.31. The number of nitrogens with one attached hydrogen (secondary N) is 1. The molecular formula is C22H31ClN2O6. The van der Waals surface area contributed by atoms with Crippen LogP contribution in [0.2, 0.25) is 5.02 Å². The molecule has 1 amide bonds. The summed E-state index contributed by atoms with van der Waals surface area (Å²) in [5.41, 5.74) is -1.43. The Labute approximate surface area is 188 Å². The lowest BCUT2D eigenvalue weighted by Gasteiger charge is -2.30. The third-order valence-corrected chi connectivity index (χ3v) is 5.12. The molecule has 0 saturated carbocycles. The minimum atomic E-state index is -1.46. The van der Waals surface area contributed by atoms with Gasteiger partial charge in [-0.3, -0.25) is 9.69 Å². The van der Waals surface area contributed by atoms with Crippen LogP contribution in [0.5, 0.6) is 0 Å². The number of hydrogen-bond donors (Lipinski definition) is 1. The summed E-state index contributed by atoms with van der Waals surface area (Å²) in [7, 11) is 0. The molecule has 1 N–H and O–H groups in total. The zero-order valence-corrected chi connectivity index (χ0v) is 19.5. The van der Waals surface area contributed by atoms with Crippen LogP contribution in [-0.4, -0.2) is 59.9 Å². The highest BCUT2D eigenvalue weighted by atomic mass is 35.5. The zero-order chi connectivity index (χ0) is 23.2. The van der Waals surface area contributed by atoms with Gasteiger partial charge in [0.15, 0.2) is 5.54 Å². The Balaban J connectivity index is 2.38. The Hall–Kier alpha value is -2.32. The van der Waals surface area contributed by atoms with Crippen LogP contribution in [-0.2, 0) is 30.3 Å². The Morgan fingerprint density at radius 1 is 1.16 bits per heavy atom. The molecule has 1 aromatic carbocycles. The van der Waals surface area contributed by atoms with Crippen molar-refractivity contribution in [2.24, 2.45) is 0 Å². The molecule has 1 aliphatic rings. The number of carbonyl (C=O) groups excluding carboxylic acids is 3. The second-order valence-electron chi connectivity index (χ2n) is 8.40. The van der Waals surface area contributed by atoms with Gasteiger partial charge < -0.3 is 19.5 Å². The molecule has 1 heterocycles. The van der Waals surface area contributed by atoms with Crippen molar-refractivity contribution in [1.29, 1.82) is 0 Å². The summed E-state index contributed by atoms with van der Waals surface area (Å²) in [6, 6.07) is 6.48. The highest BCUT2D eigenvalue weighted by Crippen LogP contribution is 2.32. The van der Waals surface area contributed by atoms with Gasteiger partial charge >= 0.3 is 18.0 Å². The van der Waals surface area contributed by atoms with E-state index in [1.165, 1.54) is 0 Å². The molecule has 8 nitrogen and oxygen atoms in total. The van der Waals surface area contributed by atoms with Gasteiger partial charge in [-0.05, 0) is 46.2 Å². The van der Waals surface area contributed by atoms with Gasteiger partial charge in [0.1, 0.15) is 11.6 Å². The first-order valence-electron chi connectivity index (χ1n) is 10.3. The maximum atomic E-state index is 13.0. The average Bonchev–Trinajstić information content (AvgIpc) is 3.02. The van der Waals surface area contributed by atoms with Crippen molar-refractivity contribution < 1.29 is 28.6 Å². The van der Waals surface area contributed by atoms with Gasteiger partial charge in [0.25, 0.3) is 0 Å². The van der Waals surface area contributed by atoms with E-state index in [0.717, 1.165) is 5.56 Å². The number of nitrogens with zero attached hydrogens (tertiary/aromatic N) is 1. The average molecular weight is 455 g/mol. The topological polar surface area (TPSA) is 94.2 Å². The third-order valence-electron chi connectivity index (χ3n) is 4.75. The number of esters is 2. The van der Waals surface area contributed by atoms with Crippen LogP contribution in [0, 0.1) is 0 Å². The normalized spacial score (nSPS) is 21.4. The third kappa shape index (κ3) is 6.58. The highest BCUT2D eigenvalue weighted by Gasteiger charge is 2.54. The second kappa shape index (κ2) is 10.3. The van der Waals surface area contributed by atoms with E-state index >= 15 is 0 Å². The van der Waals surface area contributed by atoms with Gasteiger partial charge in [-0.2, -0.15) is 0 Å². The first-order valence-corrected chi connectivity index (χ1v) is 10.7. The van der Waals surface area contributed by atoms with E-state index in [0.29, 0.717) is 11.6 Å². The molecule has 1 saturated heterocycles. The monoisotopic (exact) mass is 454 g/mol. The summed E-state index contributed by atoms with van der Waals surface area (Å²) in [5, 5.41) is 3.21. The van der Waals surface area contributed by atoms with Gasteiger partial charge in [-0.15, -0.1) is 0 Å². The van der Waals surface area contributed by atoms with Crippen LogP contribution in [0.15, 0.2) is 24.3 Å². The van der Waals surface area contributed by atoms with Crippen molar-refractivity contribution in [3.63, 3.8) is 0 Å². The lowest BCUT2D eigenvalue weighted by atomic mass is 9.96. The van der Waals surface area contributed by atoms with Crippen LogP contribution in [0.4, 0.5) is 4.79 Å². The molecule has 0 aliphatic carbocycles. The molecule has 172 valence electrons. The van der Waals surface area contributed by atoms with E-state index in [1.54, 1.807) is 45.6 Å². The maximum absolute atomic E-state index is 13.0. The van der Waals surface area contributed by atoms with Gasteiger partial charge in [-0.1, -0.05) is 29.8 Å². The largest absolute Gasteiger partial charge is 0.465 e. The molecule has 2 unspecified atom stereocenters. The standard InChI is InChI=1S/C22H31ClN2O6/c1-6-29-18(26)17-12-22(19(27)30-7-2,24-20(28)31-21(3,4)5)14-25(17)13-15-10-8-9-11-16(15)23/h8-11,17H,6-7,12-14H2,1-5H3,(H,24,28). The van der Waals surface area contributed by atoms with Crippen molar-refractivity contribution >= 4 is 29.6 Å². The lowest BCUT2D eigenvalue weighted by Crippen LogP contribution is -2.57. The summed E-state index contributed by atoms with van der Waals surface area (Å²) < 4.78 is 15.8. The van der Waals surface area contributed by atoms with Crippen LogP contribution >= 0.6 is 11.6 Å². The molecule has 1 fully saturated rings. The SMILES string of the molecule is CCOC(=O)C1CC(NC(=O)OC(C)(C)C)(C(=O)OCC)CN1Cc1ccccc1Cl. The summed E-state index contributed by atoms with van der Waals surface area (Å²) >= 11 is 6.31. The molecular weight excluding hydrogens is 424 g/mol. The number of carbonyl (C=O) groups is 3. The maximum Gasteiger partial charge on any atom is 0.408 e. The number of ether oxygens (including phenoxy) is 3. The van der Waals surface area contributed by atoms with Crippen molar-refractivity contribution in [1.82, 2.24) is 10.2 Å². The molecule has 1 aromatic rings. The molecule has 9 heteroatoms.